The molecule has 0 spiro atoms. The van der Waals surface area contributed by atoms with Crippen molar-refractivity contribution in [2.75, 3.05) is 6.61 Å². The molecule has 2 unspecified atom stereocenters. The van der Waals surface area contributed by atoms with Gasteiger partial charge in [-0.05, 0) is 13.3 Å². The highest BCUT2D eigenvalue weighted by Gasteiger charge is 2.26. The molecule has 5 heteroatoms. The van der Waals surface area contributed by atoms with Gasteiger partial charge in [-0.2, -0.15) is 0 Å². The second-order valence-corrected chi connectivity index (χ2v) is 4.04. The Labute approximate surface area is 86.3 Å². The zero-order valence-electron chi connectivity index (χ0n) is 7.90. The van der Waals surface area contributed by atoms with Gasteiger partial charge in [-0.25, -0.2) is 4.98 Å². The summed E-state index contributed by atoms with van der Waals surface area (Å²) in [6.45, 7) is 2.70. The SMILES string of the molecule is CC1OCCC1NC(=O)c1cscn1. The molecule has 76 valence electrons. The van der Waals surface area contributed by atoms with Crippen molar-refractivity contribution >= 4 is 17.2 Å². The van der Waals surface area contributed by atoms with Crippen LogP contribution in [0.15, 0.2) is 10.9 Å². The molecule has 1 aromatic rings. The monoisotopic (exact) mass is 212 g/mol. The molecule has 2 rings (SSSR count). The number of hydrogen-bond acceptors (Lipinski definition) is 4. The van der Waals surface area contributed by atoms with Gasteiger partial charge in [-0.1, -0.05) is 0 Å². The number of carbonyl (C=O) groups excluding carboxylic acids is 1. The molecule has 1 amide bonds. The standard InChI is InChI=1S/C9H12N2O2S/c1-6-7(2-3-13-6)11-9(12)8-4-14-5-10-8/h4-7H,2-3H2,1H3,(H,11,12). The molecule has 0 aliphatic carbocycles. The van der Waals surface area contributed by atoms with Crippen LogP contribution >= 0.6 is 11.3 Å². The van der Waals surface area contributed by atoms with E-state index in [9.17, 15) is 4.79 Å². The maximum absolute atomic E-state index is 11.6. The molecule has 1 aliphatic heterocycles. The summed E-state index contributed by atoms with van der Waals surface area (Å²) in [6, 6.07) is 0.129. The Bertz CT molecular complexity index is 313. The van der Waals surface area contributed by atoms with Crippen LogP contribution < -0.4 is 5.32 Å². The van der Waals surface area contributed by atoms with E-state index < -0.39 is 0 Å². The fraction of sp³-hybridized carbons (Fsp3) is 0.556. The largest absolute Gasteiger partial charge is 0.376 e. The van der Waals surface area contributed by atoms with Gasteiger partial charge in [0.15, 0.2) is 0 Å². The minimum atomic E-state index is -0.103. The number of carbonyl (C=O) groups is 1. The number of thiazole rings is 1. The number of hydrogen-bond donors (Lipinski definition) is 1. The predicted molar refractivity (Wildman–Crippen MR) is 53.4 cm³/mol. The lowest BCUT2D eigenvalue weighted by atomic mass is 10.1. The highest BCUT2D eigenvalue weighted by atomic mass is 32.1. The van der Waals surface area contributed by atoms with Gasteiger partial charge in [-0.3, -0.25) is 4.79 Å². The second kappa shape index (κ2) is 4.06. The fourth-order valence-electron chi connectivity index (χ4n) is 1.49. The summed E-state index contributed by atoms with van der Waals surface area (Å²) < 4.78 is 5.35. The van der Waals surface area contributed by atoms with Crippen LogP contribution in [0.5, 0.6) is 0 Å². The summed E-state index contributed by atoms with van der Waals surface area (Å²) in [5.41, 5.74) is 2.15. The van der Waals surface area contributed by atoms with Crippen molar-refractivity contribution in [3.8, 4) is 0 Å². The summed E-state index contributed by atoms with van der Waals surface area (Å²) in [6.07, 6.45) is 0.995. The van der Waals surface area contributed by atoms with Crippen molar-refractivity contribution in [3.63, 3.8) is 0 Å². The maximum Gasteiger partial charge on any atom is 0.271 e. The summed E-state index contributed by atoms with van der Waals surface area (Å²) >= 11 is 1.42. The average molecular weight is 212 g/mol. The average Bonchev–Trinajstić information content (AvgIpc) is 2.77. The molecule has 2 heterocycles. The third kappa shape index (κ3) is 1.93. The van der Waals surface area contributed by atoms with Gasteiger partial charge in [-0.15, -0.1) is 11.3 Å². The van der Waals surface area contributed by atoms with E-state index in [1.165, 1.54) is 11.3 Å². The van der Waals surface area contributed by atoms with Gasteiger partial charge >= 0.3 is 0 Å². The molecular formula is C9H12N2O2S. The van der Waals surface area contributed by atoms with Gasteiger partial charge < -0.3 is 10.1 Å². The summed E-state index contributed by atoms with van der Waals surface area (Å²) in [5.74, 6) is -0.103. The zero-order chi connectivity index (χ0) is 9.97. The Balaban J connectivity index is 1.95. The quantitative estimate of drug-likeness (QED) is 0.797. The summed E-state index contributed by atoms with van der Waals surface area (Å²) in [4.78, 5) is 15.5. The van der Waals surface area contributed by atoms with Crippen LogP contribution in [0.4, 0.5) is 0 Å². The molecule has 0 aromatic carbocycles. The van der Waals surface area contributed by atoms with Crippen LogP contribution in [-0.2, 0) is 4.74 Å². The molecule has 1 aliphatic rings. The number of nitrogens with one attached hydrogen (secondary N) is 1. The minimum Gasteiger partial charge on any atom is -0.376 e. The van der Waals surface area contributed by atoms with E-state index in [2.05, 4.69) is 10.3 Å². The van der Waals surface area contributed by atoms with Gasteiger partial charge in [0.2, 0.25) is 0 Å². The third-order valence-electron chi connectivity index (χ3n) is 2.36. The van der Waals surface area contributed by atoms with E-state index in [0.29, 0.717) is 5.69 Å². The van der Waals surface area contributed by atoms with Crippen molar-refractivity contribution in [3.05, 3.63) is 16.6 Å². The molecule has 0 bridgehead atoms. The molecule has 1 saturated heterocycles. The Morgan fingerprint density at radius 2 is 2.64 bits per heavy atom. The highest BCUT2D eigenvalue weighted by molar-refractivity contribution is 7.07. The number of ether oxygens (including phenoxy) is 1. The number of aromatic nitrogens is 1. The van der Waals surface area contributed by atoms with Crippen molar-refractivity contribution in [1.29, 1.82) is 0 Å². The first-order chi connectivity index (χ1) is 6.77. The Kier molecular flexibility index (Phi) is 2.79. The van der Waals surface area contributed by atoms with E-state index >= 15 is 0 Å². The topological polar surface area (TPSA) is 51.2 Å². The molecular weight excluding hydrogens is 200 g/mol. The van der Waals surface area contributed by atoms with Crippen LogP contribution in [0.25, 0.3) is 0 Å². The maximum atomic E-state index is 11.6. The lowest BCUT2D eigenvalue weighted by Crippen LogP contribution is -2.39. The third-order valence-corrected chi connectivity index (χ3v) is 2.94. The minimum absolute atomic E-state index is 0.103. The summed E-state index contributed by atoms with van der Waals surface area (Å²) in [5, 5.41) is 4.66. The molecule has 1 N–H and O–H groups in total. The van der Waals surface area contributed by atoms with Crippen molar-refractivity contribution < 1.29 is 9.53 Å². The molecule has 1 fully saturated rings. The van der Waals surface area contributed by atoms with Crippen LogP contribution in [0.3, 0.4) is 0 Å². The van der Waals surface area contributed by atoms with Crippen molar-refractivity contribution in [1.82, 2.24) is 10.3 Å². The van der Waals surface area contributed by atoms with Gasteiger partial charge in [0.1, 0.15) is 5.69 Å². The normalized spacial score (nSPS) is 26.4. The number of nitrogens with zero attached hydrogens (tertiary/aromatic N) is 1. The van der Waals surface area contributed by atoms with E-state index in [4.69, 9.17) is 4.74 Å². The number of rotatable bonds is 2. The van der Waals surface area contributed by atoms with E-state index in [-0.39, 0.29) is 18.1 Å². The lowest BCUT2D eigenvalue weighted by Gasteiger charge is -2.14. The first-order valence-corrected chi connectivity index (χ1v) is 5.52. The molecule has 0 saturated carbocycles. The molecule has 0 radical (unpaired) electrons. The first-order valence-electron chi connectivity index (χ1n) is 4.58. The van der Waals surface area contributed by atoms with Crippen molar-refractivity contribution in [2.45, 2.75) is 25.5 Å². The zero-order valence-corrected chi connectivity index (χ0v) is 8.71. The number of amides is 1. The first kappa shape index (κ1) is 9.61. The Hall–Kier alpha value is -0.940. The molecule has 1 aromatic heterocycles. The Morgan fingerprint density at radius 3 is 3.21 bits per heavy atom. The highest BCUT2D eigenvalue weighted by Crippen LogP contribution is 2.13. The fourth-order valence-corrected chi connectivity index (χ4v) is 2.02. The van der Waals surface area contributed by atoms with Crippen LogP contribution in [0.1, 0.15) is 23.8 Å². The Morgan fingerprint density at radius 1 is 1.79 bits per heavy atom. The van der Waals surface area contributed by atoms with Crippen LogP contribution in [0.2, 0.25) is 0 Å². The van der Waals surface area contributed by atoms with E-state index in [0.717, 1.165) is 13.0 Å². The van der Waals surface area contributed by atoms with Crippen LogP contribution in [0, 0.1) is 0 Å². The van der Waals surface area contributed by atoms with E-state index in [1.54, 1.807) is 10.9 Å². The van der Waals surface area contributed by atoms with Gasteiger partial charge in [0.05, 0.1) is 17.7 Å². The summed E-state index contributed by atoms with van der Waals surface area (Å²) in [7, 11) is 0. The molecule has 2 atom stereocenters. The molecule has 4 nitrogen and oxygen atoms in total. The second-order valence-electron chi connectivity index (χ2n) is 3.32. The van der Waals surface area contributed by atoms with Gasteiger partial charge in [0.25, 0.3) is 5.91 Å². The van der Waals surface area contributed by atoms with Crippen LogP contribution in [-0.4, -0.2) is 29.6 Å². The van der Waals surface area contributed by atoms with Crippen molar-refractivity contribution in [2.24, 2.45) is 0 Å². The van der Waals surface area contributed by atoms with E-state index in [1.807, 2.05) is 6.92 Å². The lowest BCUT2D eigenvalue weighted by molar-refractivity contribution is 0.0862. The smallest absolute Gasteiger partial charge is 0.271 e. The predicted octanol–water partition coefficient (Wildman–Crippen LogP) is 1.05. The molecule has 14 heavy (non-hydrogen) atoms. The van der Waals surface area contributed by atoms with Gasteiger partial charge in [0, 0.05) is 12.0 Å².